The van der Waals surface area contributed by atoms with Crippen molar-refractivity contribution in [3.05, 3.63) is 46.3 Å². The second kappa shape index (κ2) is 8.41. The van der Waals surface area contributed by atoms with Crippen LogP contribution in [-0.2, 0) is 9.84 Å². The number of nitrogens with zero attached hydrogens (tertiary/aromatic N) is 3. The second-order valence-electron chi connectivity index (χ2n) is 6.54. The van der Waals surface area contributed by atoms with Crippen LogP contribution in [0.2, 0.25) is 0 Å². The van der Waals surface area contributed by atoms with Gasteiger partial charge in [-0.1, -0.05) is 11.3 Å². The zero-order valence-corrected chi connectivity index (χ0v) is 16.9. The van der Waals surface area contributed by atoms with Gasteiger partial charge in [0.15, 0.2) is 14.8 Å². The van der Waals surface area contributed by atoms with Crippen LogP contribution in [0.4, 0.5) is 20.8 Å². The third-order valence-corrected chi connectivity index (χ3v) is 7.41. The highest BCUT2D eigenvalue weighted by atomic mass is 32.2. The lowest BCUT2D eigenvalue weighted by molar-refractivity contribution is -0.383. The first-order valence-electron chi connectivity index (χ1n) is 8.69. The minimum absolute atomic E-state index is 0.0189. The minimum atomic E-state index is -3.48. The van der Waals surface area contributed by atoms with E-state index in [-0.39, 0.29) is 20.7 Å². The van der Waals surface area contributed by atoms with Crippen molar-refractivity contribution in [2.45, 2.75) is 4.21 Å². The van der Waals surface area contributed by atoms with Gasteiger partial charge < -0.3 is 10.2 Å². The van der Waals surface area contributed by atoms with Gasteiger partial charge >= 0.3 is 5.69 Å². The minimum Gasteiger partial charge on any atom is -0.370 e. The number of nitrogens with one attached hydrogen (secondary N) is 1. The molecular weight excluding hydrogens is 407 g/mol. The third-order valence-electron chi connectivity index (χ3n) is 4.53. The number of halogens is 1. The monoisotopic (exact) mass is 428 g/mol. The van der Waals surface area contributed by atoms with Gasteiger partial charge in [0.2, 0.25) is 0 Å². The van der Waals surface area contributed by atoms with E-state index in [0.717, 1.165) is 55.5 Å². The zero-order chi connectivity index (χ0) is 20.3. The molecule has 3 rings (SSSR count). The quantitative estimate of drug-likeness (QED) is 0.534. The van der Waals surface area contributed by atoms with Crippen LogP contribution in [0.5, 0.6) is 0 Å². The smallest absolute Gasteiger partial charge is 0.304 e. The van der Waals surface area contributed by atoms with Gasteiger partial charge in [-0.3, -0.25) is 15.0 Å². The maximum Gasteiger partial charge on any atom is 0.304 e. The first kappa shape index (κ1) is 20.5. The molecule has 1 aliphatic heterocycles. The fourth-order valence-corrected chi connectivity index (χ4v) is 4.98. The maximum absolute atomic E-state index is 13.0. The summed E-state index contributed by atoms with van der Waals surface area (Å²) in [6.07, 6.45) is 1.03. The van der Waals surface area contributed by atoms with E-state index in [9.17, 15) is 22.9 Å². The third kappa shape index (κ3) is 4.97. The number of rotatable bonds is 7. The molecule has 152 valence electrons. The van der Waals surface area contributed by atoms with Crippen molar-refractivity contribution in [3.63, 3.8) is 0 Å². The summed E-state index contributed by atoms with van der Waals surface area (Å²) in [4.78, 5) is 15.0. The summed E-state index contributed by atoms with van der Waals surface area (Å²) in [7, 11) is -3.48. The fourth-order valence-electron chi connectivity index (χ4n) is 3.01. The predicted octanol–water partition coefficient (Wildman–Crippen LogP) is 2.43. The average Bonchev–Trinajstić information content (AvgIpc) is 3.08. The van der Waals surface area contributed by atoms with E-state index in [1.165, 1.54) is 12.1 Å². The number of nitro groups is 1. The number of anilines is 2. The van der Waals surface area contributed by atoms with E-state index < -0.39 is 14.8 Å². The molecule has 11 heteroatoms. The number of thiophene rings is 1. The van der Waals surface area contributed by atoms with Gasteiger partial charge in [-0.25, -0.2) is 12.8 Å². The van der Waals surface area contributed by atoms with E-state index in [1.54, 1.807) is 12.1 Å². The maximum atomic E-state index is 13.0. The lowest BCUT2D eigenvalue weighted by atomic mass is 10.2. The van der Waals surface area contributed by atoms with E-state index in [2.05, 4.69) is 15.1 Å². The van der Waals surface area contributed by atoms with E-state index in [4.69, 9.17) is 0 Å². The first-order valence-corrected chi connectivity index (χ1v) is 11.4. The average molecular weight is 429 g/mol. The molecule has 0 saturated carbocycles. The molecule has 1 saturated heterocycles. The number of hydrogen-bond acceptors (Lipinski definition) is 8. The van der Waals surface area contributed by atoms with Gasteiger partial charge in [-0.2, -0.15) is 0 Å². The summed E-state index contributed by atoms with van der Waals surface area (Å²) in [5.41, 5.74) is 0.772. The standard InChI is InChI=1S/C17H21FN4O4S2/c1-28(25,26)16-12-15(22(23)24)17(27-16)19-6-7-20-8-10-21(11-9-20)14-4-2-13(18)3-5-14/h2-5,12,19H,6-11H2,1H3. The van der Waals surface area contributed by atoms with Gasteiger partial charge in [0.25, 0.3) is 0 Å². The van der Waals surface area contributed by atoms with Gasteiger partial charge in [-0.15, -0.1) is 0 Å². The molecule has 28 heavy (non-hydrogen) atoms. The Morgan fingerprint density at radius 1 is 1.21 bits per heavy atom. The molecule has 1 aromatic carbocycles. The Morgan fingerprint density at radius 3 is 2.43 bits per heavy atom. The lowest BCUT2D eigenvalue weighted by Gasteiger charge is -2.36. The summed E-state index contributed by atoms with van der Waals surface area (Å²) in [6.45, 7) is 4.41. The van der Waals surface area contributed by atoms with Crippen LogP contribution in [0.3, 0.4) is 0 Å². The molecule has 0 amide bonds. The SMILES string of the molecule is CS(=O)(=O)c1cc([N+](=O)[O-])c(NCCN2CCN(c3ccc(F)cc3)CC2)s1. The van der Waals surface area contributed by atoms with Crippen molar-refractivity contribution >= 4 is 37.5 Å². The van der Waals surface area contributed by atoms with Crippen molar-refractivity contribution in [2.24, 2.45) is 0 Å². The summed E-state index contributed by atoms with van der Waals surface area (Å²) < 4.78 is 36.3. The predicted molar refractivity (Wildman–Crippen MR) is 108 cm³/mol. The fraction of sp³-hybridized carbons (Fsp3) is 0.412. The van der Waals surface area contributed by atoms with Gasteiger partial charge in [-0.05, 0) is 24.3 Å². The van der Waals surface area contributed by atoms with Crippen LogP contribution in [0, 0.1) is 15.9 Å². The van der Waals surface area contributed by atoms with Crippen molar-refractivity contribution in [3.8, 4) is 0 Å². The Hall–Kier alpha value is -2.24. The van der Waals surface area contributed by atoms with Crippen LogP contribution in [0.25, 0.3) is 0 Å². The van der Waals surface area contributed by atoms with Crippen molar-refractivity contribution in [1.82, 2.24) is 4.90 Å². The second-order valence-corrected chi connectivity index (χ2v) is 9.84. The molecule has 0 unspecified atom stereocenters. The number of piperazine rings is 1. The molecule has 2 heterocycles. The van der Waals surface area contributed by atoms with Crippen LogP contribution < -0.4 is 10.2 Å². The van der Waals surface area contributed by atoms with Gasteiger partial charge in [0.05, 0.1) is 4.92 Å². The van der Waals surface area contributed by atoms with Crippen LogP contribution in [-0.4, -0.2) is 63.8 Å². The Kier molecular flexibility index (Phi) is 6.16. The van der Waals surface area contributed by atoms with E-state index in [0.29, 0.717) is 13.1 Å². The molecule has 0 spiro atoms. The molecule has 0 atom stereocenters. The number of hydrogen-bond donors (Lipinski definition) is 1. The van der Waals surface area contributed by atoms with Crippen LogP contribution in [0.1, 0.15) is 0 Å². The molecule has 2 aromatic rings. The largest absolute Gasteiger partial charge is 0.370 e. The highest BCUT2D eigenvalue weighted by molar-refractivity contribution is 7.92. The van der Waals surface area contributed by atoms with Crippen LogP contribution >= 0.6 is 11.3 Å². The molecule has 0 aliphatic carbocycles. The number of sulfone groups is 1. The highest BCUT2D eigenvalue weighted by Gasteiger charge is 2.24. The van der Waals surface area contributed by atoms with Crippen molar-refractivity contribution in [2.75, 3.05) is 55.7 Å². The first-order chi connectivity index (χ1) is 13.2. The molecule has 0 radical (unpaired) electrons. The topological polar surface area (TPSA) is 95.8 Å². The van der Waals surface area contributed by atoms with Crippen molar-refractivity contribution < 1.29 is 17.7 Å². The Labute approximate surface area is 166 Å². The molecular formula is C17H21FN4O4S2. The van der Waals surface area contributed by atoms with Crippen molar-refractivity contribution in [1.29, 1.82) is 0 Å². The molecule has 8 nitrogen and oxygen atoms in total. The highest BCUT2D eigenvalue weighted by Crippen LogP contribution is 2.36. The normalized spacial score (nSPS) is 15.6. The van der Waals surface area contributed by atoms with Gasteiger partial charge in [0, 0.05) is 57.3 Å². The van der Waals surface area contributed by atoms with E-state index in [1.807, 2.05) is 0 Å². The molecule has 1 aromatic heterocycles. The summed E-state index contributed by atoms with van der Waals surface area (Å²) in [6, 6.07) is 7.53. The molecule has 1 N–H and O–H groups in total. The van der Waals surface area contributed by atoms with E-state index >= 15 is 0 Å². The van der Waals surface area contributed by atoms with Crippen LogP contribution in [0.15, 0.2) is 34.5 Å². The summed E-state index contributed by atoms with van der Waals surface area (Å²) in [5.74, 6) is -0.254. The molecule has 1 aliphatic rings. The Morgan fingerprint density at radius 2 is 1.86 bits per heavy atom. The summed E-state index contributed by atoms with van der Waals surface area (Å²) >= 11 is 0.882. The zero-order valence-electron chi connectivity index (χ0n) is 15.3. The van der Waals surface area contributed by atoms with Gasteiger partial charge in [0.1, 0.15) is 10.0 Å². The number of benzene rings is 1. The summed E-state index contributed by atoms with van der Waals surface area (Å²) in [5, 5.41) is 14.4. The Balaban J connectivity index is 1.52. The lowest BCUT2D eigenvalue weighted by Crippen LogP contribution is -2.47. The molecule has 1 fully saturated rings. The molecule has 0 bridgehead atoms. The Bertz CT molecular complexity index is 939.